The molecule has 5 nitrogen and oxygen atoms in total. The summed E-state index contributed by atoms with van der Waals surface area (Å²) in [5.74, 6) is 2.42. The third-order valence-electron chi connectivity index (χ3n) is 4.97. The topological polar surface area (TPSA) is 59.1 Å². The van der Waals surface area contributed by atoms with E-state index in [0.29, 0.717) is 24.6 Å². The van der Waals surface area contributed by atoms with Gasteiger partial charge in [0.2, 0.25) is 0 Å². The number of halogens is 2. The van der Waals surface area contributed by atoms with Gasteiger partial charge in [0.1, 0.15) is 23.3 Å². The van der Waals surface area contributed by atoms with Crippen molar-refractivity contribution in [3.63, 3.8) is 0 Å². The van der Waals surface area contributed by atoms with E-state index >= 15 is 0 Å². The van der Waals surface area contributed by atoms with E-state index in [2.05, 4.69) is 20.6 Å². The third kappa shape index (κ3) is 8.54. The molecule has 0 atom stereocenters. The minimum absolute atomic E-state index is 0.240. The number of anilines is 2. The van der Waals surface area contributed by atoms with Gasteiger partial charge in [0.05, 0.1) is 0 Å². The highest BCUT2D eigenvalue weighted by Crippen LogP contribution is 2.23. The third-order valence-corrected chi connectivity index (χ3v) is 6.64. The number of rotatable bonds is 12. The van der Waals surface area contributed by atoms with Gasteiger partial charge in [-0.05, 0) is 58.7 Å². The van der Waals surface area contributed by atoms with Crippen LogP contribution < -0.4 is 10.6 Å². The maximum atomic E-state index is 13.0. The summed E-state index contributed by atoms with van der Waals surface area (Å²) >= 11 is 2.72. The Kier molecular flexibility index (Phi) is 9.33. The Hall–Kier alpha value is -3.14. The zero-order valence-corrected chi connectivity index (χ0v) is 20.4. The number of benzene rings is 2. The SMILES string of the molecule is Fc1ccc(CNc2ccc(CSOSCc3ccc(NCc4ccc(F)cc4)nc3)cn2)cc1. The van der Waals surface area contributed by atoms with Gasteiger partial charge in [-0.25, -0.2) is 22.4 Å². The van der Waals surface area contributed by atoms with Gasteiger partial charge < -0.3 is 10.6 Å². The largest absolute Gasteiger partial charge is 0.366 e. The molecule has 0 radical (unpaired) electrons. The first-order valence-corrected chi connectivity index (χ1v) is 12.7. The van der Waals surface area contributed by atoms with Crippen LogP contribution in [0.25, 0.3) is 0 Å². The second kappa shape index (κ2) is 13.1. The van der Waals surface area contributed by atoms with E-state index in [1.54, 1.807) is 24.3 Å². The summed E-state index contributed by atoms with van der Waals surface area (Å²) in [4.78, 5) is 8.83. The predicted molar refractivity (Wildman–Crippen MR) is 140 cm³/mol. The van der Waals surface area contributed by atoms with Crippen LogP contribution in [0.4, 0.5) is 20.4 Å². The maximum absolute atomic E-state index is 13.0. The molecule has 0 aliphatic carbocycles. The molecule has 0 fully saturated rings. The Labute approximate surface area is 212 Å². The zero-order chi connectivity index (χ0) is 24.3. The molecule has 2 aromatic carbocycles. The van der Waals surface area contributed by atoms with E-state index in [1.807, 2.05) is 36.7 Å². The summed E-state index contributed by atoms with van der Waals surface area (Å²) in [5, 5.41) is 6.45. The van der Waals surface area contributed by atoms with Gasteiger partial charge in [-0.1, -0.05) is 36.4 Å². The molecule has 4 aromatic rings. The molecule has 0 amide bonds. The van der Waals surface area contributed by atoms with E-state index < -0.39 is 0 Å². The molecule has 180 valence electrons. The van der Waals surface area contributed by atoms with Crippen LogP contribution in [0.15, 0.2) is 85.2 Å². The quantitative estimate of drug-likeness (QED) is 0.157. The molecular formula is C26H24F2N4OS2. The van der Waals surface area contributed by atoms with Gasteiger partial charge in [-0.15, -0.1) is 0 Å². The molecule has 9 heteroatoms. The second-order valence-corrected chi connectivity index (χ2v) is 9.25. The van der Waals surface area contributed by atoms with Crippen molar-refractivity contribution in [1.29, 1.82) is 0 Å². The summed E-state index contributed by atoms with van der Waals surface area (Å²) in [6.07, 6.45) is 3.63. The summed E-state index contributed by atoms with van der Waals surface area (Å²) in [5.41, 5.74) is 4.09. The van der Waals surface area contributed by atoms with Crippen molar-refractivity contribution >= 4 is 35.7 Å². The number of pyridine rings is 2. The molecule has 0 spiro atoms. The summed E-state index contributed by atoms with van der Waals surface area (Å²) in [7, 11) is 0. The van der Waals surface area contributed by atoms with Gasteiger partial charge in [-0.3, -0.25) is 0 Å². The molecule has 2 aromatic heterocycles. The van der Waals surface area contributed by atoms with Crippen LogP contribution in [-0.2, 0) is 28.2 Å². The van der Waals surface area contributed by atoms with Crippen molar-refractivity contribution < 1.29 is 12.4 Å². The number of nitrogens with zero attached hydrogens (tertiary/aromatic N) is 2. The highest BCUT2D eigenvalue weighted by Gasteiger charge is 2.02. The lowest BCUT2D eigenvalue weighted by molar-refractivity contribution is 0.626. The molecular weight excluding hydrogens is 486 g/mol. The first kappa shape index (κ1) is 25.0. The monoisotopic (exact) mass is 510 g/mol. The number of nitrogens with one attached hydrogen (secondary N) is 2. The number of aromatic nitrogens is 2. The van der Waals surface area contributed by atoms with Crippen LogP contribution >= 0.6 is 24.1 Å². The molecule has 35 heavy (non-hydrogen) atoms. The first-order chi connectivity index (χ1) is 17.1. The molecule has 4 rings (SSSR count). The van der Waals surface area contributed by atoms with Gasteiger partial charge in [-0.2, -0.15) is 0 Å². The second-order valence-electron chi connectivity index (χ2n) is 7.66. The van der Waals surface area contributed by atoms with E-state index in [9.17, 15) is 8.78 Å². The minimum atomic E-state index is -0.240. The maximum Gasteiger partial charge on any atom is 0.126 e. The van der Waals surface area contributed by atoms with Gasteiger partial charge in [0.25, 0.3) is 0 Å². The zero-order valence-electron chi connectivity index (χ0n) is 18.8. The number of hydrogen-bond acceptors (Lipinski definition) is 7. The summed E-state index contributed by atoms with van der Waals surface area (Å²) in [6, 6.07) is 20.6. The van der Waals surface area contributed by atoms with Crippen molar-refractivity contribution in [3.05, 3.63) is 119 Å². The lowest BCUT2D eigenvalue weighted by Crippen LogP contribution is -2.01. The van der Waals surface area contributed by atoms with E-state index in [1.165, 1.54) is 48.4 Å². The fourth-order valence-electron chi connectivity index (χ4n) is 3.04. The predicted octanol–water partition coefficient (Wildman–Crippen LogP) is 6.99. The van der Waals surface area contributed by atoms with Crippen molar-refractivity contribution in [2.24, 2.45) is 0 Å². The van der Waals surface area contributed by atoms with Gasteiger partial charge >= 0.3 is 0 Å². The van der Waals surface area contributed by atoms with Crippen LogP contribution in [-0.4, -0.2) is 9.97 Å². The Morgan fingerprint density at radius 2 is 0.971 bits per heavy atom. The number of hydrogen-bond donors (Lipinski definition) is 2. The van der Waals surface area contributed by atoms with Crippen LogP contribution in [0, 0.1) is 11.6 Å². The van der Waals surface area contributed by atoms with Crippen molar-refractivity contribution in [2.45, 2.75) is 24.6 Å². The molecule has 0 aliphatic heterocycles. The van der Waals surface area contributed by atoms with E-state index in [0.717, 1.165) is 33.9 Å². The van der Waals surface area contributed by atoms with Crippen LogP contribution in [0.3, 0.4) is 0 Å². The minimum Gasteiger partial charge on any atom is -0.366 e. The summed E-state index contributed by atoms with van der Waals surface area (Å²) in [6.45, 7) is 1.17. The molecule has 0 saturated heterocycles. The highest BCUT2D eigenvalue weighted by atomic mass is 32.2. The van der Waals surface area contributed by atoms with E-state index in [-0.39, 0.29) is 11.6 Å². The van der Waals surface area contributed by atoms with E-state index in [4.69, 9.17) is 3.63 Å². The smallest absolute Gasteiger partial charge is 0.126 e. The lowest BCUT2D eigenvalue weighted by Gasteiger charge is -2.07. The average molecular weight is 511 g/mol. The van der Waals surface area contributed by atoms with Crippen LogP contribution in [0.2, 0.25) is 0 Å². The first-order valence-electron chi connectivity index (χ1n) is 10.9. The molecule has 2 heterocycles. The van der Waals surface area contributed by atoms with Crippen molar-refractivity contribution in [3.8, 4) is 0 Å². The lowest BCUT2D eigenvalue weighted by atomic mass is 10.2. The average Bonchev–Trinajstić information content (AvgIpc) is 2.89. The Bertz CT molecular complexity index is 1080. The fourth-order valence-corrected chi connectivity index (χ4v) is 4.31. The molecule has 0 saturated carbocycles. The van der Waals surface area contributed by atoms with Crippen LogP contribution in [0.1, 0.15) is 22.3 Å². The van der Waals surface area contributed by atoms with Gasteiger partial charge in [0.15, 0.2) is 0 Å². The molecule has 2 N–H and O–H groups in total. The van der Waals surface area contributed by atoms with Gasteiger partial charge in [0, 0.05) is 61.1 Å². The Morgan fingerprint density at radius 1 is 0.571 bits per heavy atom. The van der Waals surface area contributed by atoms with Crippen LogP contribution in [0.5, 0.6) is 0 Å². The summed E-state index contributed by atoms with van der Waals surface area (Å²) < 4.78 is 31.6. The molecule has 0 bridgehead atoms. The Morgan fingerprint density at radius 3 is 1.34 bits per heavy atom. The highest BCUT2D eigenvalue weighted by molar-refractivity contribution is 8.07. The molecule has 0 unspecified atom stereocenters. The Balaban J connectivity index is 1.10. The van der Waals surface area contributed by atoms with Crippen molar-refractivity contribution in [2.75, 3.05) is 10.6 Å². The fraction of sp³-hybridized carbons (Fsp3) is 0.154. The normalized spacial score (nSPS) is 10.8. The molecule has 0 aliphatic rings. The standard InChI is InChI=1S/C26H24F2N4OS2/c27-23-7-1-19(2-8-23)13-29-25-11-5-21(15-31-25)17-34-33-35-18-22-6-12-26(32-16-22)30-14-20-3-9-24(28)10-4-20/h1-12,15-16H,13-14,17-18H2,(H,29,31)(H,30,32). The van der Waals surface area contributed by atoms with Crippen molar-refractivity contribution in [1.82, 2.24) is 9.97 Å².